The van der Waals surface area contributed by atoms with Gasteiger partial charge in [0.25, 0.3) is 11.8 Å². The van der Waals surface area contributed by atoms with E-state index in [1.54, 1.807) is 24.3 Å². The van der Waals surface area contributed by atoms with Crippen molar-refractivity contribution in [2.45, 2.75) is 5.75 Å². The van der Waals surface area contributed by atoms with Crippen molar-refractivity contribution in [2.75, 3.05) is 23.8 Å². The summed E-state index contributed by atoms with van der Waals surface area (Å²) in [6, 6.07) is 16.8. The van der Waals surface area contributed by atoms with Crippen LogP contribution in [0.3, 0.4) is 0 Å². The van der Waals surface area contributed by atoms with Gasteiger partial charge in [0.2, 0.25) is 5.91 Å². The summed E-state index contributed by atoms with van der Waals surface area (Å²) in [4.78, 5) is 37.3. The molecule has 0 spiro atoms. The van der Waals surface area contributed by atoms with Crippen LogP contribution >= 0.6 is 11.8 Å². The van der Waals surface area contributed by atoms with Crippen LogP contribution in [0.1, 0.15) is 5.56 Å². The van der Waals surface area contributed by atoms with Crippen LogP contribution in [0.2, 0.25) is 0 Å². The third kappa shape index (κ3) is 5.24. The molecule has 0 radical (unpaired) electrons. The second-order valence-electron chi connectivity index (χ2n) is 5.81. The van der Waals surface area contributed by atoms with Gasteiger partial charge in [-0.3, -0.25) is 30.1 Å². The molecule has 0 bridgehead atoms. The summed E-state index contributed by atoms with van der Waals surface area (Å²) in [6.07, 6.45) is 0. The standard InChI is InChI=1S/C19H19N3O4S/c23-17(10-22-15-8-4-5-9-16(15)26-11-19(22)25)20-21-18(24)13-27-12-14-6-2-1-3-7-14/h1-9H,10-13H2,(H,20,23)(H,21,24). The summed E-state index contributed by atoms with van der Waals surface area (Å²) in [7, 11) is 0. The number of rotatable bonds is 6. The smallest absolute Gasteiger partial charge is 0.265 e. The number of hydrogen-bond donors (Lipinski definition) is 2. The van der Waals surface area contributed by atoms with Crippen molar-refractivity contribution in [3.8, 4) is 5.75 Å². The van der Waals surface area contributed by atoms with Crippen molar-refractivity contribution in [1.82, 2.24) is 10.9 Å². The number of amides is 3. The lowest BCUT2D eigenvalue weighted by Crippen LogP contribution is -2.50. The van der Waals surface area contributed by atoms with Crippen molar-refractivity contribution < 1.29 is 19.1 Å². The molecule has 3 amide bonds. The Morgan fingerprint density at radius 1 is 1.00 bits per heavy atom. The Balaban J connectivity index is 1.43. The lowest BCUT2D eigenvalue weighted by Gasteiger charge is -2.28. The molecule has 0 aliphatic carbocycles. The molecule has 0 saturated heterocycles. The number of anilines is 1. The van der Waals surface area contributed by atoms with Gasteiger partial charge in [0.05, 0.1) is 11.4 Å². The van der Waals surface area contributed by atoms with Gasteiger partial charge in [-0.15, -0.1) is 11.8 Å². The molecule has 140 valence electrons. The van der Waals surface area contributed by atoms with E-state index in [0.29, 0.717) is 17.2 Å². The van der Waals surface area contributed by atoms with E-state index >= 15 is 0 Å². The third-order valence-corrected chi connectivity index (χ3v) is 4.80. The quantitative estimate of drug-likeness (QED) is 0.736. The van der Waals surface area contributed by atoms with E-state index in [9.17, 15) is 14.4 Å². The lowest BCUT2D eigenvalue weighted by molar-refractivity contribution is -0.128. The summed E-state index contributed by atoms with van der Waals surface area (Å²) in [6.45, 7) is -0.316. The first-order valence-electron chi connectivity index (χ1n) is 8.35. The molecule has 3 rings (SSSR count). The number of benzene rings is 2. The van der Waals surface area contributed by atoms with E-state index in [-0.39, 0.29) is 30.7 Å². The van der Waals surface area contributed by atoms with Gasteiger partial charge in [-0.2, -0.15) is 0 Å². The monoisotopic (exact) mass is 385 g/mol. The fraction of sp³-hybridized carbons (Fsp3) is 0.211. The van der Waals surface area contributed by atoms with Crippen molar-refractivity contribution in [3.05, 3.63) is 60.2 Å². The molecule has 27 heavy (non-hydrogen) atoms. The van der Waals surface area contributed by atoms with Gasteiger partial charge in [0, 0.05) is 5.75 Å². The van der Waals surface area contributed by atoms with Crippen LogP contribution in [0.5, 0.6) is 5.75 Å². The van der Waals surface area contributed by atoms with Gasteiger partial charge in [-0.05, 0) is 17.7 Å². The van der Waals surface area contributed by atoms with Crippen LogP contribution in [0, 0.1) is 0 Å². The topological polar surface area (TPSA) is 87.7 Å². The first-order valence-corrected chi connectivity index (χ1v) is 9.50. The Morgan fingerprint density at radius 3 is 2.52 bits per heavy atom. The third-order valence-electron chi connectivity index (χ3n) is 3.80. The van der Waals surface area contributed by atoms with E-state index in [0.717, 1.165) is 5.56 Å². The molecule has 0 saturated carbocycles. The van der Waals surface area contributed by atoms with Crippen LogP contribution < -0.4 is 20.5 Å². The molecule has 2 aromatic carbocycles. The van der Waals surface area contributed by atoms with Crippen molar-refractivity contribution in [3.63, 3.8) is 0 Å². The van der Waals surface area contributed by atoms with Gasteiger partial charge < -0.3 is 4.74 Å². The highest BCUT2D eigenvalue weighted by Crippen LogP contribution is 2.31. The molecule has 2 aromatic rings. The molecular formula is C19H19N3O4S. The Labute approximate surface area is 161 Å². The number of hydrogen-bond acceptors (Lipinski definition) is 5. The van der Waals surface area contributed by atoms with Gasteiger partial charge in [0.15, 0.2) is 6.61 Å². The molecule has 1 aliphatic heterocycles. The summed E-state index contributed by atoms with van der Waals surface area (Å²) in [5, 5.41) is 0. The van der Waals surface area contributed by atoms with Gasteiger partial charge in [0.1, 0.15) is 12.3 Å². The number of para-hydroxylation sites is 2. The number of nitrogens with one attached hydrogen (secondary N) is 2. The summed E-state index contributed by atoms with van der Waals surface area (Å²) < 4.78 is 5.33. The number of fused-ring (bicyclic) bond motifs is 1. The minimum Gasteiger partial charge on any atom is -0.482 e. The number of ether oxygens (including phenoxy) is 1. The predicted octanol–water partition coefficient (Wildman–Crippen LogP) is 1.49. The highest BCUT2D eigenvalue weighted by atomic mass is 32.2. The number of carbonyl (C=O) groups excluding carboxylic acids is 3. The maximum Gasteiger partial charge on any atom is 0.265 e. The molecule has 2 N–H and O–H groups in total. The zero-order valence-corrected chi connectivity index (χ0v) is 15.3. The zero-order chi connectivity index (χ0) is 19.1. The number of nitrogens with zero attached hydrogens (tertiary/aromatic N) is 1. The maximum atomic E-state index is 12.1. The minimum atomic E-state index is -0.485. The van der Waals surface area contributed by atoms with Crippen LogP contribution in [-0.4, -0.2) is 36.6 Å². The van der Waals surface area contributed by atoms with E-state index < -0.39 is 5.91 Å². The summed E-state index contributed by atoms with van der Waals surface area (Å²) >= 11 is 1.45. The maximum absolute atomic E-state index is 12.1. The van der Waals surface area contributed by atoms with Crippen LogP contribution in [0.25, 0.3) is 0 Å². The highest BCUT2D eigenvalue weighted by Gasteiger charge is 2.26. The van der Waals surface area contributed by atoms with Gasteiger partial charge >= 0.3 is 0 Å². The van der Waals surface area contributed by atoms with Crippen molar-refractivity contribution >= 4 is 35.2 Å². The number of hydrazine groups is 1. The average Bonchev–Trinajstić information content (AvgIpc) is 2.69. The first-order chi connectivity index (χ1) is 13.1. The van der Waals surface area contributed by atoms with Crippen molar-refractivity contribution in [1.29, 1.82) is 0 Å². The van der Waals surface area contributed by atoms with Gasteiger partial charge in [-0.25, -0.2) is 0 Å². The molecule has 7 nitrogen and oxygen atoms in total. The first kappa shape index (κ1) is 18.8. The lowest BCUT2D eigenvalue weighted by atomic mass is 10.2. The van der Waals surface area contributed by atoms with Crippen LogP contribution in [0.15, 0.2) is 54.6 Å². The van der Waals surface area contributed by atoms with Crippen molar-refractivity contribution in [2.24, 2.45) is 0 Å². The van der Waals surface area contributed by atoms with Gasteiger partial charge in [-0.1, -0.05) is 42.5 Å². The molecule has 8 heteroatoms. The molecule has 0 unspecified atom stereocenters. The SMILES string of the molecule is O=C(CSCc1ccccc1)NNC(=O)CN1C(=O)COc2ccccc21. The normalized spacial score (nSPS) is 12.7. The average molecular weight is 385 g/mol. The summed E-state index contributed by atoms with van der Waals surface area (Å²) in [5.74, 6) is 0.370. The molecular weight excluding hydrogens is 366 g/mol. The van der Waals surface area contributed by atoms with Crippen LogP contribution in [-0.2, 0) is 20.1 Å². The Hall–Kier alpha value is -3.00. The molecule has 0 atom stereocenters. The minimum absolute atomic E-state index is 0.118. The Morgan fingerprint density at radius 2 is 1.70 bits per heavy atom. The summed E-state index contributed by atoms with van der Waals surface area (Å²) in [5.41, 5.74) is 6.38. The fourth-order valence-electron chi connectivity index (χ4n) is 2.52. The van der Waals surface area contributed by atoms with E-state index in [4.69, 9.17) is 4.74 Å². The largest absolute Gasteiger partial charge is 0.482 e. The Bertz CT molecular complexity index is 829. The van der Waals surface area contributed by atoms with E-state index in [2.05, 4.69) is 10.9 Å². The molecule has 1 heterocycles. The highest BCUT2D eigenvalue weighted by molar-refractivity contribution is 7.99. The molecule has 0 fully saturated rings. The second-order valence-corrected chi connectivity index (χ2v) is 6.80. The van der Waals surface area contributed by atoms with Crippen LogP contribution in [0.4, 0.5) is 5.69 Å². The second kappa shape index (κ2) is 9.09. The van der Waals surface area contributed by atoms with E-state index in [1.165, 1.54) is 16.7 Å². The zero-order valence-electron chi connectivity index (χ0n) is 14.5. The fourth-order valence-corrected chi connectivity index (χ4v) is 3.31. The number of thioether (sulfide) groups is 1. The Kier molecular flexibility index (Phi) is 6.32. The predicted molar refractivity (Wildman–Crippen MR) is 103 cm³/mol. The van der Waals surface area contributed by atoms with E-state index in [1.807, 2.05) is 30.3 Å². The molecule has 1 aliphatic rings. The molecule has 0 aromatic heterocycles. The number of carbonyl (C=O) groups is 3.